The average molecular weight is 278 g/mol. The van der Waals surface area contributed by atoms with E-state index in [0.717, 1.165) is 4.88 Å². The molecule has 0 aliphatic heterocycles. The molecule has 0 radical (unpaired) electrons. The Morgan fingerprint density at radius 2 is 2.24 bits per heavy atom. The molecule has 0 saturated heterocycles. The van der Waals surface area contributed by atoms with Crippen molar-refractivity contribution in [1.82, 2.24) is 4.72 Å². The van der Waals surface area contributed by atoms with Crippen molar-refractivity contribution in [1.29, 1.82) is 0 Å². The lowest BCUT2D eigenvalue weighted by Gasteiger charge is -2.03. The van der Waals surface area contributed by atoms with Gasteiger partial charge in [-0.3, -0.25) is 0 Å². The summed E-state index contributed by atoms with van der Waals surface area (Å²) in [6.45, 7) is 1.47. The van der Waals surface area contributed by atoms with Gasteiger partial charge in [0.05, 0.1) is 0 Å². The van der Waals surface area contributed by atoms with Crippen molar-refractivity contribution >= 4 is 21.4 Å². The van der Waals surface area contributed by atoms with Gasteiger partial charge < -0.3 is 10.5 Å². The first-order chi connectivity index (χ1) is 8.10. The summed E-state index contributed by atoms with van der Waals surface area (Å²) in [5.74, 6) is 0. The second-order valence-corrected chi connectivity index (χ2v) is 6.67. The minimum atomic E-state index is -3.37. The van der Waals surface area contributed by atoms with E-state index in [0.29, 0.717) is 36.7 Å². The molecule has 0 unspecified atom stereocenters. The normalized spacial score (nSPS) is 11.9. The Hall–Kier alpha value is -0.470. The minimum absolute atomic E-state index is 0.346. The topological polar surface area (TPSA) is 81.4 Å². The van der Waals surface area contributed by atoms with Crippen molar-refractivity contribution in [2.24, 2.45) is 5.73 Å². The number of nitrogens with two attached hydrogens (primary N) is 1. The molecule has 3 N–H and O–H groups in total. The molecule has 5 nitrogen and oxygen atoms in total. The third-order valence-corrected chi connectivity index (χ3v) is 5.21. The number of rotatable bonds is 8. The van der Waals surface area contributed by atoms with Crippen LogP contribution in [0.15, 0.2) is 16.3 Å². The highest BCUT2D eigenvalue weighted by Gasteiger charge is 2.15. The maximum absolute atomic E-state index is 11.8. The van der Waals surface area contributed by atoms with Crippen LogP contribution in [-0.2, 0) is 21.2 Å². The molecule has 0 bridgehead atoms. The van der Waals surface area contributed by atoms with E-state index in [2.05, 4.69) is 4.72 Å². The molecule has 1 rings (SSSR count). The first-order valence-corrected chi connectivity index (χ1v) is 7.67. The SMILES string of the molecule is COCCCNS(=O)(=O)c1ccc(CCN)s1. The van der Waals surface area contributed by atoms with Crippen LogP contribution in [-0.4, -0.2) is 35.2 Å². The Bertz CT molecular complexity index is 429. The van der Waals surface area contributed by atoms with Gasteiger partial charge in [0.25, 0.3) is 0 Å². The quantitative estimate of drug-likeness (QED) is 0.681. The Morgan fingerprint density at radius 1 is 1.47 bits per heavy atom. The van der Waals surface area contributed by atoms with Crippen LogP contribution in [0.5, 0.6) is 0 Å². The number of sulfonamides is 1. The van der Waals surface area contributed by atoms with Gasteiger partial charge >= 0.3 is 0 Å². The Morgan fingerprint density at radius 3 is 2.88 bits per heavy atom. The van der Waals surface area contributed by atoms with Crippen LogP contribution in [0.1, 0.15) is 11.3 Å². The zero-order chi connectivity index (χ0) is 12.7. The predicted molar refractivity (Wildman–Crippen MR) is 68.8 cm³/mol. The predicted octanol–water partition coefficient (Wildman–Crippen LogP) is 0.564. The lowest BCUT2D eigenvalue weighted by atomic mass is 10.3. The highest BCUT2D eigenvalue weighted by Crippen LogP contribution is 2.21. The van der Waals surface area contributed by atoms with E-state index >= 15 is 0 Å². The van der Waals surface area contributed by atoms with Gasteiger partial charge in [-0.05, 0) is 31.5 Å². The van der Waals surface area contributed by atoms with Crippen LogP contribution >= 0.6 is 11.3 Å². The number of hydrogen-bond donors (Lipinski definition) is 2. The van der Waals surface area contributed by atoms with Crippen molar-refractivity contribution in [2.75, 3.05) is 26.8 Å². The molecular formula is C10H18N2O3S2. The van der Waals surface area contributed by atoms with E-state index in [1.807, 2.05) is 0 Å². The molecule has 0 aliphatic carbocycles. The van der Waals surface area contributed by atoms with Crippen molar-refractivity contribution in [3.63, 3.8) is 0 Å². The first-order valence-electron chi connectivity index (χ1n) is 5.37. The Balaban J connectivity index is 2.56. The van der Waals surface area contributed by atoms with E-state index < -0.39 is 10.0 Å². The molecule has 7 heteroatoms. The van der Waals surface area contributed by atoms with Crippen LogP contribution in [0.2, 0.25) is 0 Å². The molecule has 0 atom stereocenters. The summed E-state index contributed by atoms with van der Waals surface area (Å²) in [5, 5.41) is 0. The van der Waals surface area contributed by atoms with Crippen LogP contribution in [0, 0.1) is 0 Å². The highest BCUT2D eigenvalue weighted by atomic mass is 32.2. The second kappa shape index (κ2) is 7.07. The van der Waals surface area contributed by atoms with E-state index in [9.17, 15) is 8.42 Å². The van der Waals surface area contributed by atoms with E-state index in [1.54, 1.807) is 19.2 Å². The summed E-state index contributed by atoms with van der Waals surface area (Å²) in [6.07, 6.45) is 1.38. The fourth-order valence-electron chi connectivity index (χ4n) is 1.27. The molecule has 0 aromatic carbocycles. The van der Waals surface area contributed by atoms with Crippen molar-refractivity contribution in [3.8, 4) is 0 Å². The van der Waals surface area contributed by atoms with Gasteiger partial charge in [0.15, 0.2) is 0 Å². The second-order valence-electron chi connectivity index (χ2n) is 3.50. The summed E-state index contributed by atoms with van der Waals surface area (Å²) in [7, 11) is -1.78. The van der Waals surface area contributed by atoms with Crippen LogP contribution in [0.4, 0.5) is 0 Å². The molecule has 17 heavy (non-hydrogen) atoms. The molecule has 0 saturated carbocycles. The molecule has 1 heterocycles. The van der Waals surface area contributed by atoms with Crippen LogP contribution < -0.4 is 10.5 Å². The minimum Gasteiger partial charge on any atom is -0.385 e. The van der Waals surface area contributed by atoms with Crippen molar-refractivity contribution in [2.45, 2.75) is 17.1 Å². The van der Waals surface area contributed by atoms with E-state index in [1.165, 1.54) is 11.3 Å². The smallest absolute Gasteiger partial charge is 0.250 e. The van der Waals surface area contributed by atoms with Crippen LogP contribution in [0.25, 0.3) is 0 Å². The van der Waals surface area contributed by atoms with Crippen molar-refractivity contribution < 1.29 is 13.2 Å². The standard InChI is InChI=1S/C10H18N2O3S2/c1-15-8-2-7-12-17(13,14)10-4-3-9(16-10)5-6-11/h3-4,12H,2,5-8,11H2,1H3. The molecule has 0 aliphatic rings. The maximum atomic E-state index is 11.8. The third kappa shape index (κ3) is 4.72. The molecular weight excluding hydrogens is 260 g/mol. The first kappa shape index (κ1) is 14.6. The summed E-state index contributed by atoms with van der Waals surface area (Å²) in [6, 6.07) is 3.43. The average Bonchev–Trinajstić information content (AvgIpc) is 2.74. The molecule has 0 spiro atoms. The Kier molecular flexibility index (Phi) is 6.07. The van der Waals surface area contributed by atoms with Gasteiger partial charge in [-0.25, -0.2) is 13.1 Å². The van der Waals surface area contributed by atoms with E-state index in [-0.39, 0.29) is 0 Å². The summed E-state index contributed by atoms with van der Waals surface area (Å²) in [4.78, 5) is 0.991. The van der Waals surface area contributed by atoms with Crippen LogP contribution in [0.3, 0.4) is 0 Å². The van der Waals surface area contributed by atoms with Gasteiger partial charge in [0.1, 0.15) is 4.21 Å². The molecule has 98 valence electrons. The molecule has 0 fully saturated rings. The number of hydrogen-bond acceptors (Lipinski definition) is 5. The van der Waals surface area contributed by atoms with E-state index in [4.69, 9.17) is 10.5 Å². The highest BCUT2D eigenvalue weighted by molar-refractivity contribution is 7.91. The maximum Gasteiger partial charge on any atom is 0.250 e. The lowest BCUT2D eigenvalue weighted by Crippen LogP contribution is -2.24. The van der Waals surface area contributed by atoms with Gasteiger partial charge in [-0.15, -0.1) is 11.3 Å². The number of thiophene rings is 1. The number of nitrogens with one attached hydrogen (secondary N) is 1. The van der Waals surface area contributed by atoms with Gasteiger partial charge in [0, 0.05) is 25.1 Å². The lowest BCUT2D eigenvalue weighted by molar-refractivity contribution is 0.196. The largest absolute Gasteiger partial charge is 0.385 e. The summed E-state index contributed by atoms with van der Waals surface area (Å²) < 4.78 is 31.4. The number of methoxy groups -OCH3 is 1. The zero-order valence-electron chi connectivity index (χ0n) is 9.81. The summed E-state index contributed by atoms with van der Waals surface area (Å²) >= 11 is 1.27. The summed E-state index contributed by atoms with van der Waals surface area (Å²) in [5.41, 5.74) is 5.42. The molecule has 0 amide bonds. The fourth-order valence-corrected chi connectivity index (χ4v) is 3.76. The van der Waals surface area contributed by atoms with Crippen molar-refractivity contribution in [3.05, 3.63) is 17.0 Å². The number of ether oxygens (including phenoxy) is 1. The Labute approximate surface area is 106 Å². The third-order valence-electron chi connectivity index (χ3n) is 2.11. The van der Waals surface area contributed by atoms with Gasteiger partial charge in [0.2, 0.25) is 10.0 Å². The molecule has 1 aromatic rings. The van der Waals surface area contributed by atoms with Gasteiger partial charge in [-0.1, -0.05) is 0 Å². The van der Waals surface area contributed by atoms with Gasteiger partial charge in [-0.2, -0.15) is 0 Å². The monoisotopic (exact) mass is 278 g/mol. The zero-order valence-corrected chi connectivity index (χ0v) is 11.4. The fraction of sp³-hybridized carbons (Fsp3) is 0.600. The molecule has 1 aromatic heterocycles.